The van der Waals surface area contributed by atoms with Crippen molar-refractivity contribution in [2.45, 2.75) is 38.3 Å². The normalized spacial score (nSPS) is 31.6. The zero-order valence-electron chi connectivity index (χ0n) is 11.3. The fourth-order valence-electron chi connectivity index (χ4n) is 2.89. The van der Waals surface area contributed by atoms with E-state index in [1.54, 1.807) is 0 Å². The van der Waals surface area contributed by atoms with Gasteiger partial charge in [-0.05, 0) is 26.3 Å². The second-order valence-electron chi connectivity index (χ2n) is 5.81. The summed E-state index contributed by atoms with van der Waals surface area (Å²) in [6, 6.07) is 0.713. The van der Waals surface area contributed by atoms with E-state index in [0.717, 1.165) is 39.1 Å². The van der Waals surface area contributed by atoms with Gasteiger partial charge in [-0.25, -0.2) is 0 Å². The van der Waals surface area contributed by atoms with E-state index in [9.17, 15) is 5.11 Å². The number of nitrogens with zero attached hydrogens (tertiary/aromatic N) is 2. The van der Waals surface area contributed by atoms with Crippen LogP contribution in [0.4, 0.5) is 0 Å². The molecule has 17 heavy (non-hydrogen) atoms. The first-order valence-electron chi connectivity index (χ1n) is 7.00. The van der Waals surface area contributed by atoms with Crippen molar-refractivity contribution in [1.82, 2.24) is 15.1 Å². The molecule has 2 aliphatic rings. The van der Waals surface area contributed by atoms with Gasteiger partial charge < -0.3 is 10.4 Å². The van der Waals surface area contributed by atoms with Crippen molar-refractivity contribution in [1.29, 1.82) is 0 Å². The van der Waals surface area contributed by atoms with Crippen LogP contribution in [0.2, 0.25) is 0 Å². The van der Waals surface area contributed by atoms with Gasteiger partial charge in [0.2, 0.25) is 0 Å². The number of rotatable bonds is 4. The Balaban J connectivity index is 1.78. The molecule has 0 aliphatic carbocycles. The molecule has 2 rings (SSSR count). The van der Waals surface area contributed by atoms with Gasteiger partial charge in [0.05, 0.1) is 5.60 Å². The molecule has 0 bridgehead atoms. The van der Waals surface area contributed by atoms with E-state index in [-0.39, 0.29) is 0 Å². The quantitative estimate of drug-likeness (QED) is 0.734. The summed E-state index contributed by atoms with van der Waals surface area (Å²) in [6.07, 6.45) is 2.10. The molecule has 0 radical (unpaired) electrons. The molecule has 100 valence electrons. The number of likely N-dealkylation sites (tertiary alicyclic amines) is 1. The van der Waals surface area contributed by atoms with Crippen molar-refractivity contribution in [2.24, 2.45) is 0 Å². The van der Waals surface area contributed by atoms with Crippen LogP contribution < -0.4 is 5.32 Å². The highest BCUT2D eigenvalue weighted by molar-refractivity contribution is 4.88. The fourth-order valence-corrected chi connectivity index (χ4v) is 2.89. The smallest absolute Gasteiger partial charge is 0.0743 e. The Morgan fingerprint density at radius 3 is 2.65 bits per heavy atom. The number of piperazine rings is 1. The topological polar surface area (TPSA) is 38.7 Å². The van der Waals surface area contributed by atoms with E-state index < -0.39 is 5.60 Å². The molecule has 2 atom stereocenters. The highest BCUT2D eigenvalue weighted by Gasteiger charge is 2.31. The lowest BCUT2D eigenvalue weighted by Crippen LogP contribution is -2.49. The van der Waals surface area contributed by atoms with Crippen molar-refractivity contribution in [3.05, 3.63) is 0 Å². The first-order valence-corrected chi connectivity index (χ1v) is 7.00. The SMILES string of the molecule is CCC(C)(O)CN1CCC(N2CCNCC2)C1. The third-order valence-corrected chi connectivity index (χ3v) is 4.24. The summed E-state index contributed by atoms with van der Waals surface area (Å²) in [5.41, 5.74) is -0.516. The summed E-state index contributed by atoms with van der Waals surface area (Å²) >= 11 is 0. The average Bonchev–Trinajstić information content (AvgIpc) is 2.78. The van der Waals surface area contributed by atoms with Gasteiger partial charge in [0.25, 0.3) is 0 Å². The Hall–Kier alpha value is -0.160. The predicted octanol–water partition coefficient (Wildman–Crippen LogP) is 0.127. The van der Waals surface area contributed by atoms with Gasteiger partial charge in [-0.1, -0.05) is 6.92 Å². The lowest BCUT2D eigenvalue weighted by molar-refractivity contribution is 0.0207. The maximum absolute atomic E-state index is 10.1. The van der Waals surface area contributed by atoms with Crippen LogP contribution >= 0.6 is 0 Å². The molecule has 2 unspecified atom stereocenters. The number of aliphatic hydroxyl groups is 1. The lowest BCUT2D eigenvalue weighted by atomic mass is 10.0. The van der Waals surface area contributed by atoms with Crippen LogP contribution in [0.1, 0.15) is 26.7 Å². The summed E-state index contributed by atoms with van der Waals surface area (Å²) in [6.45, 7) is 11.7. The number of nitrogens with one attached hydrogen (secondary N) is 1. The monoisotopic (exact) mass is 241 g/mol. The van der Waals surface area contributed by atoms with Crippen LogP contribution in [0.25, 0.3) is 0 Å². The van der Waals surface area contributed by atoms with E-state index in [4.69, 9.17) is 0 Å². The van der Waals surface area contributed by atoms with E-state index in [0.29, 0.717) is 6.04 Å². The molecule has 4 nitrogen and oxygen atoms in total. The zero-order chi connectivity index (χ0) is 12.3. The van der Waals surface area contributed by atoms with Crippen molar-refractivity contribution in [3.63, 3.8) is 0 Å². The maximum Gasteiger partial charge on any atom is 0.0743 e. The molecule has 4 heteroatoms. The molecule has 2 aliphatic heterocycles. The molecule has 0 aromatic heterocycles. The largest absolute Gasteiger partial charge is 0.389 e. The van der Waals surface area contributed by atoms with E-state index in [1.165, 1.54) is 19.5 Å². The van der Waals surface area contributed by atoms with Gasteiger partial charge in [-0.15, -0.1) is 0 Å². The number of hydrogen-bond acceptors (Lipinski definition) is 4. The van der Waals surface area contributed by atoms with Gasteiger partial charge in [0.15, 0.2) is 0 Å². The molecule has 2 N–H and O–H groups in total. The Labute approximate surface area is 105 Å². The molecule has 0 spiro atoms. The van der Waals surface area contributed by atoms with Crippen LogP contribution in [0, 0.1) is 0 Å². The molecule has 2 saturated heterocycles. The Morgan fingerprint density at radius 2 is 2.00 bits per heavy atom. The van der Waals surface area contributed by atoms with Crippen LogP contribution in [-0.2, 0) is 0 Å². The summed E-state index contributed by atoms with van der Waals surface area (Å²) < 4.78 is 0. The van der Waals surface area contributed by atoms with E-state index in [2.05, 4.69) is 22.0 Å². The Bertz CT molecular complexity index is 239. The summed E-state index contributed by atoms with van der Waals surface area (Å²) in [5, 5.41) is 13.5. The van der Waals surface area contributed by atoms with Crippen LogP contribution in [0.5, 0.6) is 0 Å². The molecular formula is C13H27N3O. The highest BCUT2D eigenvalue weighted by atomic mass is 16.3. The predicted molar refractivity (Wildman–Crippen MR) is 70.2 cm³/mol. The molecule has 0 amide bonds. The number of β-amino-alcohol motifs (C(OH)–C–C–N with tert-alkyl or cyclic N) is 1. The average molecular weight is 241 g/mol. The maximum atomic E-state index is 10.1. The lowest BCUT2D eigenvalue weighted by Gasteiger charge is -2.33. The van der Waals surface area contributed by atoms with E-state index in [1.807, 2.05) is 6.92 Å². The molecule has 0 aromatic rings. The second-order valence-corrected chi connectivity index (χ2v) is 5.81. The minimum Gasteiger partial charge on any atom is -0.389 e. The molecular weight excluding hydrogens is 214 g/mol. The third-order valence-electron chi connectivity index (χ3n) is 4.24. The Kier molecular flexibility index (Phi) is 4.42. The van der Waals surface area contributed by atoms with Crippen molar-refractivity contribution >= 4 is 0 Å². The van der Waals surface area contributed by atoms with Crippen molar-refractivity contribution in [2.75, 3.05) is 45.8 Å². The zero-order valence-corrected chi connectivity index (χ0v) is 11.3. The van der Waals surface area contributed by atoms with Crippen LogP contribution in [-0.4, -0.2) is 72.4 Å². The van der Waals surface area contributed by atoms with Gasteiger partial charge in [0.1, 0.15) is 0 Å². The number of hydrogen-bond donors (Lipinski definition) is 2. The molecule has 2 heterocycles. The second kappa shape index (κ2) is 5.65. The first-order chi connectivity index (χ1) is 8.11. The molecule has 0 aromatic carbocycles. The Morgan fingerprint density at radius 1 is 1.29 bits per heavy atom. The first kappa shape index (κ1) is 13.3. The van der Waals surface area contributed by atoms with Gasteiger partial charge in [-0.2, -0.15) is 0 Å². The third kappa shape index (κ3) is 3.65. The summed E-state index contributed by atoms with van der Waals surface area (Å²) in [4.78, 5) is 5.04. The van der Waals surface area contributed by atoms with Crippen LogP contribution in [0.15, 0.2) is 0 Å². The highest BCUT2D eigenvalue weighted by Crippen LogP contribution is 2.19. The minimum atomic E-state index is -0.516. The van der Waals surface area contributed by atoms with Crippen molar-refractivity contribution in [3.8, 4) is 0 Å². The van der Waals surface area contributed by atoms with Crippen LogP contribution in [0.3, 0.4) is 0 Å². The molecule has 0 saturated carbocycles. The minimum absolute atomic E-state index is 0.516. The van der Waals surface area contributed by atoms with E-state index >= 15 is 0 Å². The van der Waals surface area contributed by atoms with Crippen molar-refractivity contribution < 1.29 is 5.11 Å². The molecule has 2 fully saturated rings. The van der Waals surface area contributed by atoms with Gasteiger partial charge in [-0.3, -0.25) is 9.80 Å². The van der Waals surface area contributed by atoms with Gasteiger partial charge in [0, 0.05) is 45.3 Å². The summed E-state index contributed by atoms with van der Waals surface area (Å²) in [7, 11) is 0. The fraction of sp³-hybridized carbons (Fsp3) is 1.00. The van der Waals surface area contributed by atoms with Gasteiger partial charge >= 0.3 is 0 Å². The standard InChI is InChI=1S/C13H27N3O/c1-3-13(2,17)11-15-7-4-12(10-15)16-8-5-14-6-9-16/h12,14,17H,3-11H2,1-2H3. The summed E-state index contributed by atoms with van der Waals surface area (Å²) in [5.74, 6) is 0.